The van der Waals surface area contributed by atoms with Gasteiger partial charge >= 0.3 is 0 Å². The van der Waals surface area contributed by atoms with Crippen LogP contribution in [-0.4, -0.2) is 60.2 Å². The van der Waals surface area contributed by atoms with Gasteiger partial charge in [0.2, 0.25) is 11.9 Å². The summed E-state index contributed by atoms with van der Waals surface area (Å²) in [6.45, 7) is 1.91. The zero-order chi connectivity index (χ0) is 29.7. The number of nitrogens with one attached hydrogen (secondary N) is 2. The number of aliphatic hydroxyl groups excluding tert-OH is 1. The molecule has 1 aromatic carbocycles. The number of fused-ring (bicyclic) bond motifs is 1. The molecule has 42 heavy (non-hydrogen) atoms. The molecule has 0 unspecified atom stereocenters. The Labute approximate surface area is 241 Å². The van der Waals surface area contributed by atoms with Crippen molar-refractivity contribution < 1.29 is 27.9 Å². The highest BCUT2D eigenvalue weighted by molar-refractivity contribution is 6.31. The molecule has 1 aliphatic carbocycles. The van der Waals surface area contributed by atoms with Gasteiger partial charge in [-0.25, -0.2) is 28.1 Å². The number of amides is 2. The number of carbonyl (C=O) groups excluding carboxylic acids is 2. The number of anilines is 2. The molecule has 0 spiro atoms. The molecule has 0 bridgehead atoms. The van der Waals surface area contributed by atoms with Gasteiger partial charge < -0.3 is 10.4 Å². The zero-order valence-corrected chi connectivity index (χ0v) is 22.6. The maximum Gasteiger partial charge on any atom is 0.275 e. The number of halogens is 4. The molecule has 3 aromatic heterocycles. The summed E-state index contributed by atoms with van der Waals surface area (Å²) in [5.74, 6) is -1.92. The third-order valence-electron chi connectivity index (χ3n) is 7.48. The Morgan fingerprint density at radius 2 is 2.02 bits per heavy atom. The molecule has 4 aromatic rings. The third kappa shape index (κ3) is 4.86. The van der Waals surface area contributed by atoms with Crippen molar-refractivity contribution in [3.8, 4) is 11.3 Å². The first-order valence-electron chi connectivity index (χ1n) is 12.9. The van der Waals surface area contributed by atoms with Gasteiger partial charge in [0.1, 0.15) is 5.69 Å². The fourth-order valence-corrected chi connectivity index (χ4v) is 5.35. The van der Waals surface area contributed by atoms with Crippen LogP contribution in [0, 0.1) is 24.6 Å². The second kappa shape index (κ2) is 10.8. The number of H-pyrrole nitrogens is 1. The molecule has 3 atom stereocenters. The highest BCUT2D eigenvalue weighted by atomic mass is 35.5. The van der Waals surface area contributed by atoms with E-state index in [4.69, 9.17) is 11.6 Å². The zero-order valence-electron chi connectivity index (χ0n) is 21.9. The lowest BCUT2D eigenvalue weighted by atomic mass is 9.96. The topological polar surface area (TPSA) is 150 Å². The Bertz CT molecular complexity index is 1720. The molecular weight excluding hydrogens is 577 g/mol. The number of benzene rings is 1. The van der Waals surface area contributed by atoms with E-state index in [0.717, 1.165) is 30.9 Å². The Kier molecular flexibility index (Phi) is 7.10. The van der Waals surface area contributed by atoms with E-state index in [-0.39, 0.29) is 33.9 Å². The summed E-state index contributed by atoms with van der Waals surface area (Å²) >= 11 is 5.81. The number of nitrogens with zero attached hydrogens (tertiary/aromatic N) is 6. The van der Waals surface area contributed by atoms with Crippen molar-refractivity contribution in [3.05, 3.63) is 76.0 Å². The number of piperidine rings is 1. The lowest BCUT2D eigenvalue weighted by Gasteiger charge is -2.20. The summed E-state index contributed by atoms with van der Waals surface area (Å²) < 4.78 is 42.0. The van der Waals surface area contributed by atoms with Crippen LogP contribution in [0.5, 0.6) is 0 Å². The monoisotopic (exact) mass is 598 g/mol. The van der Waals surface area contributed by atoms with Crippen molar-refractivity contribution in [2.24, 2.45) is 11.8 Å². The van der Waals surface area contributed by atoms with Crippen LogP contribution >= 0.6 is 11.6 Å². The Hall–Kier alpha value is -4.43. The summed E-state index contributed by atoms with van der Waals surface area (Å²) in [6, 6.07) is 1.99. The standard InChI is InChI=1S/C27H22ClF3N8O3/c1-11-15(5-33-27(35-11)39-9-12-4-14(12)26(39)42)16(10-40)23-19(8-34-38-23)37-25(41)20-7-32-6-18(36-20)21-13(24(30)31)2-3-17(28)22(21)29/h2-3,5-8,12,14,16,24,40H,4,9-10H2,1H3,(H,34,38)(H,37,41)/t12-,14-,16+/m1/s1. The minimum absolute atomic E-state index is 0.0140. The number of aryl methyl sites for hydroxylation is 1. The smallest absolute Gasteiger partial charge is 0.275 e. The third-order valence-corrected chi connectivity index (χ3v) is 7.77. The van der Waals surface area contributed by atoms with Gasteiger partial charge in [0, 0.05) is 41.0 Å². The normalized spacial score (nSPS) is 18.4. The van der Waals surface area contributed by atoms with E-state index >= 15 is 0 Å². The van der Waals surface area contributed by atoms with Crippen LogP contribution in [0.15, 0.2) is 36.9 Å². The first-order chi connectivity index (χ1) is 20.2. The van der Waals surface area contributed by atoms with Crippen molar-refractivity contribution in [1.29, 1.82) is 0 Å². The summed E-state index contributed by atoms with van der Waals surface area (Å²) in [5, 5.41) is 19.3. The maximum absolute atomic E-state index is 14.8. The largest absolute Gasteiger partial charge is 0.395 e. The van der Waals surface area contributed by atoms with Crippen LogP contribution in [0.4, 0.5) is 24.8 Å². The second-order valence-corrected chi connectivity index (χ2v) is 10.5. The van der Waals surface area contributed by atoms with Crippen molar-refractivity contribution in [3.63, 3.8) is 0 Å². The van der Waals surface area contributed by atoms with Gasteiger partial charge in [-0.05, 0) is 25.3 Å². The van der Waals surface area contributed by atoms with Gasteiger partial charge in [0.15, 0.2) is 5.82 Å². The summed E-state index contributed by atoms with van der Waals surface area (Å²) in [6.07, 6.45) is 2.85. The van der Waals surface area contributed by atoms with Crippen molar-refractivity contribution in [2.75, 3.05) is 23.4 Å². The first kappa shape index (κ1) is 27.7. The Morgan fingerprint density at radius 1 is 1.21 bits per heavy atom. The predicted molar refractivity (Wildman–Crippen MR) is 144 cm³/mol. The second-order valence-electron chi connectivity index (χ2n) is 10.1. The number of aromatic nitrogens is 6. The van der Waals surface area contributed by atoms with Crippen LogP contribution in [0.1, 0.15) is 51.8 Å². The van der Waals surface area contributed by atoms with Crippen molar-refractivity contribution in [1.82, 2.24) is 30.1 Å². The summed E-state index contributed by atoms with van der Waals surface area (Å²) in [7, 11) is 0. The average molecular weight is 599 g/mol. The number of aromatic amines is 1. The molecule has 216 valence electrons. The molecule has 15 heteroatoms. The van der Waals surface area contributed by atoms with Crippen LogP contribution < -0.4 is 10.2 Å². The number of hydrogen-bond donors (Lipinski definition) is 3. The molecule has 4 heterocycles. The van der Waals surface area contributed by atoms with E-state index in [0.29, 0.717) is 35.4 Å². The molecule has 3 N–H and O–H groups in total. The molecule has 1 aliphatic heterocycles. The number of aliphatic hydroxyl groups is 1. The van der Waals surface area contributed by atoms with E-state index in [1.165, 1.54) is 12.4 Å². The molecule has 1 saturated heterocycles. The SMILES string of the molecule is Cc1nc(N2C[C@H]3C[C@H]3C2=O)ncc1[C@H](CO)c1[nH]ncc1NC(=O)c1cncc(-c2c(C(F)F)ccc(Cl)c2F)n1. The number of alkyl halides is 2. The van der Waals surface area contributed by atoms with Gasteiger partial charge in [-0.2, -0.15) is 5.10 Å². The molecular formula is C27H22ClF3N8O3. The summed E-state index contributed by atoms with van der Waals surface area (Å²) in [4.78, 5) is 44.0. The number of carbonyl (C=O) groups is 2. The number of rotatable bonds is 8. The lowest BCUT2D eigenvalue weighted by molar-refractivity contribution is -0.118. The molecule has 0 radical (unpaired) electrons. The first-order valence-corrected chi connectivity index (χ1v) is 13.2. The highest BCUT2D eigenvalue weighted by Crippen LogP contribution is 2.47. The van der Waals surface area contributed by atoms with E-state index < -0.39 is 41.8 Å². The molecule has 6 rings (SSSR count). The lowest BCUT2D eigenvalue weighted by Crippen LogP contribution is -2.30. The molecule has 11 nitrogen and oxygen atoms in total. The summed E-state index contributed by atoms with van der Waals surface area (Å²) in [5.41, 5.74) is -0.235. The average Bonchev–Trinajstić information content (AvgIpc) is 3.49. The van der Waals surface area contributed by atoms with Crippen LogP contribution in [0.25, 0.3) is 11.3 Å². The van der Waals surface area contributed by atoms with Crippen LogP contribution in [0.2, 0.25) is 5.02 Å². The predicted octanol–water partition coefficient (Wildman–Crippen LogP) is 4.05. The van der Waals surface area contributed by atoms with Gasteiger partial charge in [0.05, 0.1) is 53.2 Å². The van der Waals surface area contributed by atoms with Gasteiger partial charge in [0.25, 0.3) is 12.3 Å². The van der Waals surface area contributed by atoms with Crippen LogP contribution in [0.3, 0.4) is 0 Å². The van der Waals surface area contributed by atoms with E-state index in [1.54, 1.807) is 11.8 Å². The quantitative estimate of drug-likeness (QED) is 0.275. The van der Waals surface area contributed by atoms with E-state index in [2.05, 4.69) is 35.5 Å². The fraction of sp³-hybridized carbons (Fsp3) is 0.296. The molecule has 1 saturated carbocycles. The minimum Gasteiger partial charge on any atom is -0.395 e. The Morgan fingerprint density at radius 3 is 2.71 bits per heavy atom. The molecule has 2 fully saturated rings. The van der Waals surface area contributed by atoms with E-state index in [9.17, 15) is 27.9 Å². The van der Waals surface area contributed by atoms with E-state index in [1.807, 2.05) is 0 Å². The minimum atomic E-state index is -3.03. The van der Waals surface area contributed by atoms with Gasteiger partial charge in [-0.3, -0.25) is 24.6 Å². The highest BCUT2D eigenvalue weighted by Gasteiger charge is 2.53. The van der Waals surface area contributed by atoms with Crippen molar-refractivity contribution >= 4 is 35.1 Å². The molecule has 2 amide bonds. The van der Waals surface area contributed by atoms with Crippen LogP contribution in [-0.2, 0) is 4.79 Å². The molecule has 2 aliphatic rings. The number of hydrogen-bond acceptors (Lipinski definition) is 8. The fourth-order valence-electron chi connectivity index (χ4n) is 5.19. The Balaban J connectivity index is 1.25. The van der Waals surface area contributed by atoms with Gasteiger partial charge in [-0.15, -0.1) is 0 Å². The van der Waals surface area contributed by atoms with Gasteiger partial charge in [-0.1, -0.05) is 17.7 Å². The van der Waals surface area contributed by atoms with Crippen molar-refractivity contribution in [2.45, 2.75) is 25.7 Å². The maximum atomic E-state index is 14.8.